The van der Waals surface area contributed by atoms with Crippen molar-refractivity contribution in [1.29, 1.82) is 0 Å². The number of ether oxygens (including phenoxy) is 1. The summed E-state index contributed by atoms with van der Waals surface area (Å²) in [5, 5.41) is 4.04. The first-order valence-electron chi connectivity index (χ1n) is 9.63. The summed E-state index contributed by atoms with van der Waals surface area (Å²) in [5.74, 6) is -0.440. The molecule has 2 heterocycles. The van der Waals surface area contributed by atoms with Crippen molar-refractivity contribution in [3.63, 3.8) is 0 Å². The zero-order chi connectivity index (χ0) is 22.8. The highest BCUT2D eigenvalue weighted by Crippen LogP contribution is 2.31. The van der Waals surface area contributed by atoms with E-state index in [1.54, 1.807) is 18.0 Å². The van der Waals surface area contributed by atoms with Crippen LogP contribution >= 0.6 is 0 Å². The predicted molar refractivity (Wildman–Crippen MR) is 107 cm³/mol. The number of aryl methyl sites for hydroxylation is 1. The molecule has 168 valence electrons. The average molecular weight is 439 g/mol. The minimum Gasteiger partial charge on any atom is -0.479 e. The van der Waals surface area contributed by atoms with Gasteiger partial charge in [0.25, 0.3) is 5.91 Å². The van der Waals surface area contributed by atoms with Gasteiger partial charge in [-0.15, -0.1) is 5.10 Å². The Balaban J connectivity index is 1.57. The number of carbonyl (C=O) groups is 2. The van der Waals surface area contributed by atoms with Gasteiger partial charge in [-0.25, -0.2) is 0 Å². The Bertz CT molecular complexity index is 952. The van der Waals surface area contributed by atoms with E-state index in [2.05, 4.69) is 5.10 Å². The molecule has 0 saturated carbocycles. The Morgan fingerprint density at radius 2 is 1.87 bits per heavy atom. The summed E-state index contributed by atoms with van der Waals surface area (Å²) in [6, 6.07) is 5.15. The Morgan fingerprint density at radius 1 is 1.19 bits per heavy atom. The number of amides is 2. The van der Waals surface area contributed by atoms with E-state index >= 15 is 0 Å². The number of alkyl halides is 3. The van der Waals surface area contributed by atoms with Crippen LogP contribution in [0.5, 0.6) is 5.88 Å². The standard InChI is InChI=1S/C20H24F3N5O3/c1-25(19(30)16-12-26(2)24-18(16)31-3)13-17(29)28-9-7-27(8-10-28)15-6-4-5-14(11-15)20(21,22)23/h4-6,11-12H,7-10,13H2,1-3H3. The van der Waals surface area contributed by atoms with Crippen molar-refractivity contribution in [3.05, 3.63) is 41.6 Å². The third-order valence-electron chi connectivity index (χ3n) is 5.11. The van der Waals surface area contributed by atoms with E-state index in [4.69, 9.17) is 4.74 Å². The lowest BCUT2D eigenvalue weighted by atomic mass is 10.1. The summed E-state index contributed by atoms with van der Waals surface area (Å²) in [6.07, 6.45) is -2.88. The number of halogens is 3. The zero-order valence-corrected chi connectivity index (χ0v) is 17.5. The fraction of sp³-hybridized carbons (Fsp3) is 0.450. The van der Waals surface area contributed by atoms with E-state index in [0.717, 1.165) is 12.1 Å². The molecule has 2 aromatic rings. The zero-order valence-electron chi connectivity index (χ0n) is 17.5. The van der Waals surface area contributed by atoms with E-state index in [9.17, 15) is 22.8 Å². The lowest BCUT2D eigenvalue weighted by Gasteiger charge is -2.37. The minimum absolute atomic E-state index is 0.125. The highest BCUT2D eigenvalue weighted by molar-refractivity contribution is 5.98. The second-order valence-electron chi connectivity index (χ2n) is 7.30. The van der Waals surface area contributed by atoms with Crippen LogP contribution in [-0.4, -0.2) is 78.3 Å². The topological polar surface area (TPSA) is 70.9 Å². The van der Waals surface area contributed by atoms with Crippen LogP contribution in [0.15, 0.2) is 30.5 Å². The first kappa shape index (κ1) is 22.4. The molecule has 8 nitrogen and oxygen atoms in total. The van der Waals surface area contributed by atoms with Crippen LogP contribution < -0.4 is 9.64 Å². The number of hydrogen-bond donors (Lipinski definition) is 0. The van der Waals surface area contributed by atoms with Crippen molar-refractivity contribution >= 4 is 17.5 Å². The van der Waals surface area contributed by atoms with Crippen LogP contribution in [0.1, 0.15) is 15.9 Å². The molecule has 31 heavy (non-hydrogen) atoms. The van der Waals surface area contributed by atoms with Gasteiger partial charge in [0.05, 0.1) is 19.2 Å². The van der Waals surface area contributed by atoms with Crippen LogP contribution in [0.2, 0.25) is 0 Å². The molecule has 11 heteroatoms. The van der Waals surface area contributed by atoms with Gasteiger partial charge in [0.15, 0.2) is 0 Å². The third-order valence-corrected chi connectivity index (χ3v) is 5.11. The summed E-state index contributed by atoms with van der Waals surface area (Å²) >= 11 is 0. The number of carbonyl (C=O) groups excluding carboxylic acids is 2. The fourth-order valence-corrected chi connectivity index (χ4v) is 3.44. The molecule has 0 atom stereocenters. The third kappa shape index (κ3) is 5.09. The number of aromatic nitrogens is 2. The van der Waals surface area contributed by atoms with Gasteiger partial charge in [-0.3, -0.25) is 14.3 Å². The summed E-state index contributed by atoms with van der Waals surface area (Å²) in [6.45, 7) is 1.39. The van der Waals surface area contributed by atoms with Gasteiger partial charge in [-0.1, -0.05) is 6.07 Å². The number of anilines is 1. The molecule has 0 spiro atoms. The molecular formula is C20H24F3N5O3. The van der Waals surface area contributed by atoms with Gasteiger partial charge < -0.3 is 19.4 Å². The number of benzene rings is 1. The molecule has 1 aliphatic heterocycles. The molecule has 1 aliphatic rings. The van der Waals surface area contributed by atoms with E-state index in [1.165, 1.54) is 36.0 Å². The Kier molecular flexibility index (Phi) is 6.42. The molecule has 0 N–H and O–H groups in total. The van der Waals surface area contributed by atoms with E-state index in [0.29, 0.717) is 31.9 Å². The molecule has 3 rings (SSSR count). The Hall–Kier alpha value is -3.24. The largest absolute Gasteiger partial charge is 0.479 e. The van der Waals surface area contributed by atoms with E-state index < -0.39 is 11.7 Å². The maximum atomic E-state index is 12.9. The maximum absolute atomic E-state index is 12.9. The van der Waals surface area contributed by atoms with E-state index in [1.807, 2.05) is 4.90 Å². The molecule has 2 amide bonds. The van der Waals surface area contributed by atoms with Crippen molar-refractivity contribution in [2.45, 2.75) is 6.18 Å². The summed E-state index contributed by atoms with van der Waals surface area (Å²) in [4.78, 5) is 30.0. The smallest absolute Gasteiger partial charge is 0.416 e. The lowest BCUT2D eigenvalue weighted by molar-refractivity contribution is -0.137. The molecule has 0 bridgehead atoms. The molecule has 0 unspecified atom stereocenters. The molecular weight excluding hydrogens is 415 g/mol. The second-order valence-corrected chi connectivity index (χ2v) is 7.30. The number of likely N-dealkylation sites (N-methyl/N-ethyl adjacent to an activating group) is 1. The lowest BCUT2D eigenvalue weighted by Crippen LogP contribution is -2.51. The van der Waals surface area contributed by atoms with Crippen LogP contribution in [0.4, 0.5) is 18.9 Å². The van der Waals surface area contributed by atoms with Gasteiger partial charge in [0.2, 0.25) is 11.8 Å². The van der Waals surface area contributed by atoms with Gasteiger partial charge in [-0.05, 0) is 18.2 Å². The van der Waals surface area contributed by atoms with Crippen LogP contribution in [0.25, 0.3) is 0 Å². The maximum Gasteiger partial charge on any atom is 0.416 e. The monoisotopic (exact) mass is 439 g/mol. The Morgan fingerprint density at radius 3 is 2.48 bits per heavy atom. The number of nitrogens with zero attached hydrogens (tertiary/aromatic N) is 5. The van der Waals surface area contributed by atoms with Crippen LogP contribution in [-0.2, 0) is 18.0 Å². The SMILES string of the molecule is COc1nn(C)cc1C(=O)N(C)CC(=O)N1CCN(c2cccc(C(F)(F)F)c2)CC1. The predicted octanol–water partition coefficient (Wildman–Crippen LogP) is 1.87. The summed E-state index contributed by atoms with van der Waals surface area (Å²) in [7, 11) is 4.59. The van der Waals surface area contributed by atoms with Gasteiger partial charge in [0.1, 0.15) is 5.56 Å². The fourth-order valence-electron chi connectivity index (χ4n) is 3.44. The number of rotatable bonds is 5. The molecule has 0 radical (unpaired) electrons. The normalized spacial score (nSPS) is 14.5. The van der Waals surface area contributed by atoms with Crippen molar-refractivity contribution in [2.75, 3.05) is 51.8 Å². The van der Waals surface area contributed by atoms with Crippen LogP contribution in [0, 0.1) is 0 Å². The van der Waals surface area contributed by atoms with Crippen LogP contribution in [0.3, 0.4) is 0 Å². The molecule has 1 aromatic carbocycles. The average Bonchev–Trinajstić information content (AvgIpc) is 3.13. The highest BCUT2D eigenvalue weighted by Gasteiger charge is 2.31. The van der Waals surface area contributed by atoms with Crippen molar-refractivity contribution in [3.8, 4) is 5.88 Å². The van der Waals surface area contributed by atoms with Crippen molar-refractivity contribution < 1.29 is 27.5 Å². The molecule has 1 aromatic heterocycles. The Labute approximate surface area is 177 Å². The van der Waals surface area contributed by atoms with Gasteiger partial charge >= 0.3 is 6.18 Å². The van der Waals surface area contributed by atoms with E-state index in [-0.39, 0.29) is 29.8 Å². The van der Waals surface area contributed by atoms with Crippen molar-refractivity contribution in [1.82, 2.24) is 19.6 Å². The first-order valence-corrected chi connectivity index (χ1v) is 9.63. The number of methoxy groups -OCH3 is 1. The quantitative estimate of drug-likeness (QED) is 0.712. The first-order chi connectivity index (χ1) is 14.6. The number of piperazine rings is 1. The summed E-state index contributed by atoms with van der Waals surface area (Å²) in [5.41, 5.74) is 0.0297. The number of hydrogen-bond acceptors (Lipinski definition) is 5. The molecule has 1 fully saturated rings. The summed E-state index contributed by atoms with van der Waals surface area (Å²) < 4.78 is 45.4. The minimum atomic E-state index is -4.40. The van der Waals surface area contributed by atoms with Crippen molar-refractivity contribution in [2.24, 2.45) is 7.05 Å². The van der Waals surface area contributed by atoms with Gasteiger partial charge in [0, 0.05) is 52.2 Å². The second kappa shape index (κ2) is 8.86. The molecule has 0 aliphatic carbocycles. The van der Waals surface area contributed by atoms with Gasteiger partial charge in [-0.2, -0.15) is 13.2 Å². The molecule has 1 saturated heterocycles. The highest BCUT2D eigenvalue weighted by atomic mass is 19.4.